The quantitative estimate of drug-likeness (QED) is 0.137. The Morgan fingerprint density at radius 2 is 1.67 bits per heavy atom. The number of para-hydroxylation sites is 2. The molecule has 0 unspecified atom stereocenters. The Morgan fingerprint density at radius 3 is 2.41 bits per heavy atom. The summed E-state index contributed by atoms with van der Waals surface area (Å²) in [6, 6.07) is 27.5. The molecule has 2 atom stereocenters. The Hall–Kier alpha value is -5.46. The third-order valence-electron chi connectivity index (χ3n) is 9.09. The number of hydrogen-bond donors (Lipinski definition) is 3. The predicted octanol–water partition coefficient (Wildman–Crippen LogP) is 4.79. The van der Waals surface area contributed by atoms with Gasteiger partial charge in [0.15, 0.2) is 0 Å². The summed E-state index contributed by atoms with van der Waals surface area (Å²) in [5.74, 6) is -0.686. The van der Waals surface area contributed by atoms with Gasteiger partial charge >= 0.3 is 13.9 Å². The number of rotatable bonds is 10. The number of hydrogen-bond acceptors (Lipinski definition) is 7. The van der Waals surface area contributed by atoms with E-state index in [1.54, 1.807) is 28.1 Å². The molecule has 0 aliphatic carbocycles. The second kappa shape index (κ2) is 14.0. The van der Waals surface area contributed by atoms with Crippen LogP contribution in [-0.2, 0) is 33.7 Å². The van der Waals surface area contributed by atoms with Gasteiger partial charge in [-0.15, -0.1) is 6.58 Å². The molecule has 0 bridgehead atoms. The van der Waals surface area contributed by atoms with Crippen molar-refractivity contribution >= 4 is 47.6 Å². The Morgan fingerprint density at radius 1 is 0.941 bits per heavy atom. The molecular formula is C37H36N5O8P. The maximum atomic E-state index is 14.5. The molecule has 13 nitrogen and oxygen atoms in total. The van der Waals surface area contributed by atoms with Gasteiger partial charge in [-0.05, 0) is 29.3 Å². The molecule has 3 heterocycles. The van der Waals surface area contributed by atoms with E-state index in [1.807, 2.05) is 72.8 Å². The van der Waals surface area contributed by atoms with E-state index < -0.39 is 26.1 Å². The van der Waals surface area contributed by atoms with Crippen LogP contribution < -0.4 is 9.84 Å². The van der Waals surface area contributed by atoms with Gasteiger partial charge in [0.05, 0.1) is 13.1 Å². The van der Waals surface area contributed by atoms with Crippen molar-refractivity contribution in [2.75, 3.05) is 19.6 Å². The van der Waals surface area contributed by atoms with Crippen molar-refractivity contribution in [2.45, 2.75) is 31.7 Å². The average molecular weight is 710 g/mol. The van der Waals surface area contributed by atoms with Crippen LogP contribution in [0.4, 0.5) is 4.79 Å². The zero-order chi connectivity index (χ0) is 35.7. The second-order valence-electron chi connectivity index (χ2n) is 12.5. The van der Waals surface area contributed by atoms with Crippen LogP contribution in [0.2, 0.25) is 0 Å². The summed E-state index contributed by atoms with van der Waals surface area (Å²) in [4.78, 5) is 64.1. The molecule has 262 valence electrons. The number of amides is 4. The first-order valence-electron chi connectivity index (χ1n) is 16.4. The number of piperazine rings is 1. The van der Waals surface area contributed by atoms with Gasteiger partial charge < -0.3 is 24.1 Å². The van der Waals surface area contributed by atoms with Crippen molar-refractivity contribution in [3.8, 4) is 5.75 Å². The first kappa shape index (κ1) is 34.0. The normalized spacial score (nSPS) is 18.3. The molecule has 0 radical (unpaired) electrons. The fourth-order valence-electron chi connectivity index (χ4n) is 6.88. The number of urea groups is 1. The molecular weight excluding hydrogens is 673 g/mol. The van der Waals surface area contributed by atoms with E-state index in [2.05, 4.69) is 11.9 Å². The van der Waals surface area contributed by atoms with Gasteiger partial charge in [0.2, 0.25) is 11.8 Å². The number of phosphoric ester groups is 1. The average Bonchev–Trinajstić information content (AvgIpc) is 3.49. The van der Waals surface area contributed by atoms with Gasteiger partial charge in [-0.1, -0.05) is 84.9 Å². The molecule has 2 aliphatic rings. The van der Waals surface area contributed by atoms with Crippen LogP contribution in [0.1, 0.15) is 16.7 Å². The van der Waals surface area contributed by atoms with Gasteiger partial charge in [-0.25, -0.2) is 19.4 Å². The minimum atomic E-state index is -4.77. The number of phosphoric acid groups is 1. The number of benzene rings is 4. The Balaban J connectivity index is 1.25. The fourth-order valence-corrected chi connectivity index (χ4v) is 7.28. The lowest BCUT2D eigenvalue weighted by Gasteiger charge is -2.55. The number of nitrogens with zero attached hydrogens (tertiary/aromatic N) is 4. The van der Waals surface area contributed by atoms with E-state index in [0.717, 1.165) is 27.5 Å². The van der Waals surface area contributed by atoms with Gasteiger partial charge in [0.1, 0.15) is 29.1 Å². The molecule has 51 heavy (non-hydrogen) atoms. The van der Waals surface area contributed by atoms with Crippen LogP contribution in [0.25, 0.3) is 21.9 Å². The van der Waals surface area contributed by atoms with Crippen molar-refractivity contribution in [3.63, 3.8) is 0 Å². The lowest BCUT2D eigenvalue weighted by atomic mass is 9.98. The molecule has 0 saturated carbocycles. The maximum Gasteiger partial charge on any atom is 0.524 e. The molecule has 2 saturated heterocycles. The first-order valence-corrected chi connectivity index (χ1v) is 17.9. The third kappa shape index (κ3) is 7.10. The molecule has 1 aromatic heterocycles. The molecule has 5 aromatic rings. The third-order valence-corrected chi connectivity index (χ3v) is 9.54. The van der Waals surface area contributed by atoms with Crippen molar-refractivity contribution in [1.82, 2.24) is 25.1 Å². The fraction of sp³-hybridized carbons (Fsp3) is 0.216. The monoisotopic (exact) mass is 709 g/mol. The SMILES string of the molecule is C=CCN1CC(=O)N2[C@@H](Cc3ccc(OP(=O)(O)O)cc3)C(=O)N(Cc3cccc4c3oc3ccccc34)C[C@@H]2N1C(=O)NCc1ccccc1. The summed E-state index contributed by atoms with van der Waals surface area (Å²) in [6.45, 7) is 4.34. The lowest BCUT2D eigenvalue weighted by Crippen LogP contribution is -2.76. The molecule has 2 fully saturated rings. The molecule has 14 heteroatoms. The highest BCUT2D eigenvalue weighted by molar-refractivity contribution is 7.46. The molecule has 3 N–H and O–H groups in total. The summed E-state index contributed by atoms with van der Waals surface area (Å²) in [6.07, 6.45) is 0.827. The molecule has 0 spiro atoms. The topological polar surface area (TPSA) is 156 Å². The van der Waals surface area contributed by atoms with Gasteiger partial charge in [-0.2, -0.15) is 0 Å². The highest BCUT2D eigenvalue weighted by Crippen LogP contribution is 2.38. The van der Waals surface area contributed by atoms with Crippen molar-refractivity contribution in [2.24, 2.45) is 0 Å². The summed E-state index contributed by atoms with van der Waals surface area (Å²) < 4.78 is 22.3. The lowest BCUT2D eigenvalue weighted by molar-refractivity contribution is -0.189. The maximum absolute atomic E-state index is 14.5. The number of hydrazine groups is 1. The summed E-state index contributed by atoms with van der Waals surface area (Å²) in [5.41, 5.74) is 3.66. The number of carbonyl (C=O) groups excluding carboxylic acids is 3. The standard InChI is InChI=1S/C37H36N5O8P/c1-2-19-40-24-34(43)41-31(20-25-15-17-28(18-16-25)50-51(46,47)48)36(44)39(23-33(41)42(40)37(45)38-21-26-9-4-3-5-10-26)22-27-11-8-13-30-29-12-6-7-14-32(29)49-35(27)30/h2-18,31,33H,1,19-24H2,(H,38,45)(H2,46,47,48)/t31-,33-/m0/s1. The predicted molar refractivity (Wildman–Crippen MR) is 189 cm³/mol. The van der Waals surface area contributed by atoms with Crippen LogP contribution in [-0.4, -0.2) is 79.3 Å². The van der Waals surface area contributed by atoms with Gasteiger partial charge in [-0.3, -0.25) is 19.4 Å². The van der Waals surface area contributed by atoms with E-state index >= 15 is 0 Å². The van der Waals surface area contributed by atoms with Gasteiger partial charge in [0.25, 0.3) is 0 Å². The van der Waals surface area contributed by atoms with Crippen LogP contribution >= 0.6 is 7.82 Å². The van der Waals surface area contributed by atoms with Crippen LogP contribution in [0.15, 0.2) is 114 Å². The molecule has 2 aliphatic heterocycles. The van der Waals surface area contributed by atoms with E-state index in [1.165, 1.54) is 22.0 Å². The minimum Gasteiger partial charge on any atom is -0.456 e. The zero-order valence-corrected chi connectivity index (χ0v) is 28.4. The highest BCUT2D eigenvalue weighted by Gasteiger charge is 2.51. The zero-order valence-electron chi connectivity index (χ0n) is 27.5. The van der Waals surface area contributed by atoms with Crippen LogP contribution in [0.3, 0.4) is 0 Å². The Kier molecular flexibility index (Phi) is 9.37. The smallest absolute Gasteiger partial charge is 0.456 e. The Bertz CT molecular complexity index is 2150. The van der Waals surface area contributed by atoms with Gasteiger partial charge in [0, 0.05) is 42.4 Å². The number of fused-ring (bicyclic) bond motifs is 4. The second-order valence-corrected chi connectivity index (χ2v) is 13.6. The van der Waals surface area contributed by atoms with E-state index in [-0.39, 0.29) is 56.7 Å². The molecule has 4 aromatic carbocycles. The Labute approximate surface area is 293 Å². The van der Waals surface area contributed by atoms with Crippen molar-refractivity contribution < 1.29 is 37.7 Å². The number of furan rings is 1. The summed E-state index contributed by atoms with van der Waals surface area (Å²) >= 11 is 0. The van der Waals surface area contributed by atoms with E-state index in [9.17, 15) is 28.7 Å². The molecule has 7 rings (SSSR count). The molecule has 4 amide bonds. The highest BCUT2D eigenvalue weighted by atomic mass is 31.2. The summed E-state index contributed by atoms with van der Waals surface area (Å²) in [7, 11) is -4.77. The minimum absolute atomic E-state index is 0.0269. The van der Waals surface area contributed by atoms with E-state index in [4.69, 9.17) is 8.94 Å². The van der Waals surface area contributed by atoms with E-state index in [0.29, 0.717) is 11.1 Å². The first-order chi connectivity index (χ1) is 24.6. The van der Waals surface area contributed by atoms with Crippen molar-refractivity contribution in [1.29, 1.82) is 0 Å². The number of nitrogens with one attached hydrogen (secondary N) is 1. The number of carbonyl (C=O) groups is 3. The van der Waals surface area contributed by atoms with Crippen LogP contribution in [0.5, 0.6) is 5.75 Å². The summed E-state index contributed by atoms with van der Waals surface area (Å²) in [5, 5.41) is 8.00. The van der Waals surface area contributed by atoms with Crippen molar-refractivity contribution in [3.05, 3.63) is 126 Å². The van der Waals surface area contributed by atoms with Crippen LogP contribution in [0, 0.1) is 0 Å². The largest absolute Gasteiger partial charge is 0.524 e.